The van der Waals surface area contributed by atoms with Crippen molar-refractivity contribution in [2.24, 2.45) is 13.0 Å². The largest absolute Gasteiger partial charge is 0.348 e. The molecule has 0 unspecified atom stereocenters. The van der Waals surface area contributed by atoms with Gasteiger partial charge in [0, 0.05) is 38.6 Å². The van der Waals surface area contributed by atoms with Crippen LogP contribution in [0, 0.1) is 12.8 Å². The highest BCUT2D eigenvalue weighted by Crippen LogP contribution is 2.18. The van der Waals surface area contributed by atoms with Crippen LogP contribution in [0.4, 0.5) is 5.69 Å². The van der Waals surface area contributed by atoms with Crippen LogP contribution in [0.25, 0.3) is 0 Å². The molecule has 0 spiro atoms. The van der Waals surface area contributed by atoms with Crippen molar-refractivity contribution in [1.82, 2.24) is 14.8 Å². The standard InChI is InChI=1S/C22H26N4O4/c1-15-5-7-17(8-6-15)24-20(28)19(27)23-14-16-9-12-26(13-10-16)22(30)18-4-3-11-25(2)21(18)29/h3-8,11,16H,9-10,12-14H2,1-2H3,(H,23,27)(H,24,28). The molecule has 3 amide bonds. The van der Waals surface area contributed by atoms with Gasteiger partial charge in [0.25, 0.3) is 11.5 Å². The molecule has 2 aromatic rings. The van der Waals surface area contributed by atoms with Crippen LogP contribution in [-0.2, 0) is 16.6 Å². The first-order valence-corrected chi connectivity index (χ1v) is 9.96. The molecular formula is C22H26N4O4. The van der Waals surface area contributed by atoms with Crippen LogP contribution in [0.3, 0.4) is 0 Å². The van der Waals surface area contributed by atoms with Gasteiger partial charge < -0.3 is 20.1 Å². The smallest absolute Gasteiger partial charge is 0.313 e. The number of benzene rings is 1. The molecule has 2 N–H and O–H groups in total. The van der Waals surface area contributed by atoms with Crippen molar-refractivity contribution in [1.29, 1.82) is 0 Å². The van der Waals surface area contributed by atoms with Gasteiger partial charge in [-0.15, -0.1) is 0 Å². The lowest BCUT2D eigenvalue weighted by Crippen LogP contribution is -2.44. The van der Waals surface area contributed by atoms with Crippen molar-refractivity contribution >= 4 is 23.4 Å². The number of anilines is 1. The van der Waals surface area contributed by atoms with Crippen molar-refractivity contribution in [3.05, 3.63) is 64.1 Å². The lowest BCUT2D eigenvalue weighted by atomic mass is 9.96. The molecule has 0 radical (unpaired) electrons. The SMILES string of the molecule is Cc1ccc(NC(=O)C(=O)NCC2CCN(C(=O)c3cccn(C)c3=O)CC2)cc1. The predicted molar refractivity (Wildman–Crippen MR) is 113 cm³/mol. The van der Waals surface area contributed by atoms with E-state index in [4.69, 9.17) is 0 Å². The molecule has 0 saturated carbocycles. The summed E-state index contributed by atoms with van der Waals surface area (Å²) >= 11 is 0. The number of hydrogen-bond acceptors (Lipinski definition) is 4. The molecule has 8 heteroatoms. The van der Waals surface area contributed by atoms with E-state index in [0.29, 0.717) is 38.2 Å². The van der Waals surface area contributed by atoms with Gasteiger partial charge >= 0.3 is 11.8 Å². The zero-order valence-electron chi connectivity index (χ0n) is 17.2. The number of amides is 3. The number of nitrogens with zero attached hydrogens (tertiary/aromatic N) is 2. The average Bonchev–Trinajstić information content (AvgIpc) is 2.75. The Morgan fingerprint density at radius 1 is 1.03 bits per heavy atom. The van der Waals surface area contributed by atoms with E-state index in [1.807, 2.05) is 19.1 Å². The molecule has 1 aliphatic rings. The van der Waals surface area contributed by atoms with Gasteiger partial charge in [-0.3, -0.25) is 19.2 Å². The predicted octanol–water partition coefficient (Wildman–Crippen LogP) is 1.30. The zero-order chi connectivity index (χ0) is 21.7. The fraction of sp³-hybridized carbons (Fsp3) is 0.364. The summed E-state index contributed by atoms with van der Waals surface area (Å²) in [4.78, 5) is 50.5. The summed E-state index contributed by atoms with van der Waals surface area (Å²) in [5.41, 5.74) is 1.49. The Balaban J connectivity index is 1.45. The number of nitrogens with one attached hydrogen (secondary N) is 2. The van der Waals surface area contributed by atoms with E-state index < -0.39 is 11.8 Å². The Morgan fingerprint density at radius 2 is 1.70 bits per heavy atom. The van der Waals surface area contributed by atoms with Gasteiger partial charge in [0.05, 0.1) is 0 Å². The van der Waals surface area contributed by atoms with E-state index in [9.17, 15) is 19.2 Å². The Hall–Kier alpha value is -3.42. The molecule has 158 valence electrons. The van der Waals surface area contributed by atoms with Crippen LogP contribution in [0.1, 0.15) is 28.8 Å². The number of piperidine rings is 1. The first-order chi connectivity index (χ1) is 14.3. The third-order valence-corrected chi connectivity index (χ3v) is 5.32. The maximum Gasteiger partial charge on any atom is 0.313 e. The number of rotatable bonds is 4. The average molecular weight is 410 g/mol. The highest BCUT2D eigenvalue weighted by atomic mass is 16.2. The Bertz CT molecular complexity index is 989. The fourth-order valence-electron chi connectivity index (χ4n) is 3.41. The highest BCUT2D eigenvalue weighted by Gasteiger charge is 2.26. The maximum atomic E-state index is 12.6. The molecule has 30 heavy (non-hydrogen) atoms. The Kier molecular flexibility index (Phi) is 6.66. The quantitative estimate of drug-likeness (QED) is 0.742. The minimum Gasteiger partial charge on any atom is -0.348 e. The number of likely N-dealkylation sites (tertiary alicyclic amines) is 1. The molecule has 0 bridgehead atoms. The van der Waals surface area contributed by atoms with Crippen LogP contribution >= 0.6 is 0 Å². The van der Waals surface area contributed by atoms with Gasteiger partial charge in [0.15, 0.2) is 0 Å². The van der Waals surface area contributed by atoms with Crippen molar-refractivity contribution < 1.29 is 14.4 Å². The summed E-state index contributed by atoms with van der Waals surface area (Å²) in [6, 6.07) is 10.4. The number of aryl methyl sites for hydroxylation is 2. The van der Waals surface area contributed by atoms with Gasteiger partial charge in [0.1, 0.15) is 5.56 Å². The summed E-state index contributed by atoms with van der Waals surface area (Å²) < 4.78 is 1.39. The molecule has 1 aliphatic heterocycles. The van der Waals surface area contributed by atoms with Gasteiger partial charge in [-0.2, -0.15) is 0 Å². The second-order valence-electron chi connectivity index (χ2n) is 7.60. The van der Waals surface area contributed by atoms with Gasteiger partial charge in [-0.1, -0.05) is 17.7 Å². The third kappa shape index (κ3) is 5.14. The van der Waals surface area contributed by atoms with Crippen molar-refractivity contribution in [3.8, 4) is 0 Å². The highest BCUT2D eigenvalue weighted by molar-refractivity contribution is 6.39. The van der Waals surface area contributed by atoms with Crippen LogP contribution < -0.4 is 16.2 Å². The summed E-state index contributed by atoms with van der Waals surface area (Å²) in [6.07, 6.45) is 3.00. The Morgan fingerprint density at radius 3 is 2.37 bits per heavy atom. The summed E-state index contributed by atoms with van der Waals surface area (Å²) in [5, 5.41) is 5.24. The maximum absolute atomic E-state index is 12.6. The molecule has 8 nitrogen and oxygen atoms in total. The lowest BCUT2D eigenvalue weighted by Gasteiger charge is -2.32. The second-order valence-corrected chi connectivity index (χ2v) is 7.60. The molecule has 0 atom stereocenters. The molecule has 1 aromatic heterocycles. The van der Waals surface area contributed by atoms with Crippen molar-refractivity contribution in [2.45, 2.75) is 19.8 Å². The van der Waals surface area contributed by atoms with Gasteiger partial charge in [0.2, 0.25) is 0 Å². The topological polar surface area (TPSA) is 101 Å². The minimum atomic E-state index is -0.702. The van der Waals surface area contributed by atoms with Crippen LogP contribution in [-0.4, -0.2) is 46.8 Å². The van der Waals surface area contributed by atoms with Gasteiger partial charge in [-0.05, 0) is 49.9 Å². The first kappa shape index (κ1) is 21.3. The van der Waals surface area contributed by atoms with E-state index in [0.717, 1.165) is 5.56 Å². The molecule has 1 saturated heterocycles. The van der Waals surface area contributed by atoms with Crippen LogP contribution in [0.5, 0.6) is 0 Å². The fourth-order valence-corrected chi connectivity index (χ4v) is 3.41. The number of pyridine rings is 1. The Labute approximate surface area is 174 Å². The summed E-state index contributed by atoms with van der Waals surface area (Å²) in [5.74, 6) is -1.48. The summed E-state index contributed by atoms with van der Waals surface area (Å²) in [6.45, 7) is 3.33. The van der Waals surface area contributed by atoms with Crippen molar-refractivity contribution in [2.75, 3.05) is 25.0 Å². The van der Waals surface area contributed by atoms with Gasteiger partial charge in [-0.25, -0.2) is 0 Å². The third-order valence-electron chi connectivity index (χ3n) is 5.32. The molecular weight excluding hydrogens is 384 g/mol. The molecule has 0 aliphatic carbocycles. The molecule has 1 fully saturated rings. The molecule has 3 rings (SSSR count). The molecule has 2 heterocycles. The lowest BCUT2D eigenvalue weighted by molar-refractivity contribution is -0.136. The number of carbonyl (C=O) groups excluding carboxylic acids is 3. The van der Waals surface area contributed by atoms with Crippen LogP contribution in [0.2, 0.25) is 0 Å². The van der Waals surface area contributed by atoms with E-state index in [1.54, 1.807) is 42.4 Å². The first-order valence-electron chi connectivity index (χ1n) is 9.96. The normalized spacial score (nSPS) is 14.3. The van der Waals surface area contributed by atoms with E-state index in [1.165, 1.54) is 4.57 Å². The van der Waals surface area contributed by atoms with E-state index in [2.05, 4.69) is 10.6 Å². The van der Waals surface area contributed by atoms with Crippen LogP contribution in [0.15, 0.2) is 47.4 Å². The number of aromatic nitrogens is 1. The number of hydrogen-bond donors (Lipinski definition) is 2. The molecule has 1 aromatic carbocycles. The summed E-state index contributed by atoms with van der Waals surface area (Å²) in [7, 11) is 1.61. The monoisotopic (exact) mass is 410 g/mol. The number of carbonyl (C=O) groups is 3. The van der Waals surface area contributed by atoms with Crippen molar-refractivity contribution in [3.63, 3.8) is 0 Å². The van der Waals surface area contributed by atoms with E-state index in [-0.39, 0.29) is 22.9 Å². The second kappa shape index (κ2) is 9.39. The van der Waals surface area contributed by atoms with E-state index >= 15 is 0 Å². The minimum absolute atomic E-state index is 0.166. The zero-order valence-corrected chi connectivity index (χ0v) is 17.2.